The first kappa shape index (κ1) is 18.1. The first-order chi connectivity index (χ1) is 12.9. The number of aromatic nitrogens is 1. The van der Waals surface area contributed by atoms with E-state index in [0.29, 0.717) is 44.9 Å². The highest BCUT2D eigenvalue weighted by atomic mass is 32.2. The average Bonchev–Trinajstić information content (AvgIpc) is 3.11. The van der Waals surface area contributed by atoms with Crippen molar-refractivity contribution in [3.8, 4) is 0 Å². The number of hydrogen-bond donors (Lipinski definition) is 0. The Morgan fingerprint density at radius 3 is 2.63 bits per heavy atom. The Morgan fingerprint density at radius 1 is 1.19 bits per heavy atom. The molecule has 1 aromatic heterocycles. The number of amides is 1. The zero-order valence-corrected chi connectivity index (χ0v) is 16.4. The second-order valence-corrected chi connectivity index (χ2v) is 9.35. The van der Waals surface area contributed by atoms with Crippen molar-refractivity contribution in [2.75, 3.05) is 50.5 Å². The van der Waals surface area contributed by atoms with E-state index in [4.69, 9.17) is 9.47 Å². The van der Waals surface area contributed by atoms with Gasteiger partial charge in [-0.2, -0.15) is 0 Å². The molecule has 2 aromatic rings. The average molecular weight is 409 g/mol. The van der Waals surface area contributed by atoms with Gasteiger partial charge in [0.1, 0.15) is 25.0 Å². The number of rotatable bonds is 3. The third-order valence-electron chi connectivity index (χ3n) is 4.47. The molecule has 0 bridgehead atoms. The molecular formula is C17H19N3O5S2. The van der Waals surface area contributed by atoms with Crippen molar-refractivity contribution in [2.24, 2.45) is 0 Å². The number of hydrogen-bond acceptors (Lipinski definition) is 8. The van der Waals surface area contributed by atoms with Crippen molar-refractivity contribution in [1.29, 1.82) is 0 Å². The van der Waals surface area contributed by atoms with Crippen LogP contribution < -0.4 is 4.90 Å². The maximum absolute atomic E-state index is 12.4. The molecule has 0 radical (unpaired) electrons. The van der Waals surface area contributed by atoms with Gasteiger partial charge in [-0.3, -0.25) is 4.79 Å². The highest BCUT2D eigenvalue weighted by molar-refractivity contribution is 7.91. The van der Waals surface area contributed by atoms with E-state index in [1.54, 1.807) is 17.0 Å². The molecular weight excluding hydrogens is 390 g/mol. The van der Waals surface area contributed by atoms with Crippen molar-refractivity contribution < 1.29 is 22.7 Å². The Labute approximate surface area is 160 Å². The van der Waals surface area contributed by atoms with Crippen molar-refractivity contribution in [3.05, 3.63) is 30.2 Å². The molecule has 0 N–H and O–H groups in total. The molecule has 3 heterocycles. The molecule has 0 saturated carbocycles. The number of nitrogens with zero attached hydrogens (tertiary/aromatic N) is 3. The second kappa shape index (κ2) is 7.01. The number of anilines is 1. The van der Waals surface area contributed by atoms with Gasteiger partial charge >= 0.3 is 0 Å². The normalized spacial score (nSPS) is 18.0. The maximum atomic E-state index is 12.4. The summed E-state index contributed by atoms with van der Waals surface area (Å²) in [6.07, 6.45) is 2.56. The predicted octanol–water partition coefficient (Wildman–Crippen LogP) is 1.24. The van der Waals surface area contributed by atoms with Crippen LogP contribution in [0.2, 0.25) is 0 Å². The maximum Gasteiger partial charge on any atom is 0.292 e. The van der Waals surface area contributed by atoms with Gasteiger partial charge in [-0.15, -0.1) is 0 Å². The van der Waals surface area contributed by atoms with Crippen LogP contribution in [-0.4, -0.2) is 69.9 Å². The van der Waals surface area contributed by atoms with Gasteiger partial charge in [0.2, 0.25) is 5.76 Å². The molecule has 0 spiro atoms. The van der Waals surface area contributed by atoms with Crippen LogP contribution in [0, 0.1) is 0 Å². The molecule has 1 amide bonds. The smallest absolute Gasteiger partial charge is 0.292 e. The van der Waals surface area contributed by atoms with Crippen LogP contribution in [-0.2, 0) is 24.1 Å². The fraction of sp³-hybridized carbons (Fsp3) is 0.412. The van der Waals surface area contributed by atoms with Gasteiger partial charge < -0.3 is 19.3 Å². The lowest BCUT2D eigenvalue weighted by Gasteiger charge is -2.35. The highest BCUT2D eigenvalue weighted by Gasteiger charge is 2.27. The zero-order chi connectivity index (χ0) is 19.0. The van der Waals surface area contributed by atoms with Crippen LogP contribution in [0.1, 0.15) is 0 Å². The molecule has 1 saturated heterocycles. The van der Waals surface area contributed by atoms with E-state index in [1.165, 1.54) is 23.9 Å². The number of sulfone groups is 1. The van der Waals surface area contributed by atoms with E-state index in [0.717, 1.165) is 9.83 Å². The van der Waals surface area contributed by atoms with Crippen molar-refractivity contribution in [3.63, 3.8) is 0 Å². The minimum absolute atomic E-state index is 0.169. The molecule has 10 heteroatoms. The third kappa shape index (κ3) is 3.59. The van der Waals surface area contributed by atoms with Gasteiger partial charge in [0, 0.05) is 32.4 Å². The van der Waals surface area contributed by atoms with Gasteiger partial charge in [-0.05, 0) is 12.1 Å². The van der Waals surface area contributed by atoms with E-state index in [1.807, 2.05) is 6.07 Å². The minimum Gasteiger partial charge on any atom is -0.494 e. The van der Waals surface area contributed by atoms with E-state index >= 15 is 0 Å². The van der Waals surface area contributed by atoms with Gasteiger partial charge in [0.15, 0.2) is 15.0 Å². The molecule has 1 fully saturated rings. The van der Waals surface area contributed by atoms with Crippen molar-refractivity contribution in [2.45, 2.75) is 4.90 Å². The molecule has 4 rings (SSSR count). The fourth-order valence-electron chi connectivity index (χ4n) is 3.08. The molecule has 144 valence electrons. The molecule has 0 atom stereocenters. The van der Waals surface area contributed by atoms with Crippen LogP contribution in [0.15, 0.2) is 35.1 Å². The number of carbonyl (C=O) groups is 1. The number of carbonyl (C=O) groups excluding carboxylic acids is 1. The summed E-state index contributed by atoms with van der Waals surface area (Å²) in [4.78, 5) is 21.1. The summed E-state index contributed by atoms with van der Waals surface area (Å²) >= 11 is 1.46. The van der Waals surface area contributed by atoms with Crippen LogP contribution in [0.5, 0.6) is 0 Å². The largest absolute Gasteiger partial charge is 0.494 e. The summed E-state index contributed by atoms with van der Waals surface area (Å²) in [5, 5.41) is 0.768. The monoisotopic (exact) mass is 409 g/mol. The number of benzene rings is 1. The summed E-state index contributed by atoms with van der Waals surface area (Å²) in [6.45, 7) is 3.15. The van der Waals surface area contributed by atoms with Gasteiger partial charge in [-0.1, -0.05) is 17.4 Å². The molecule has 0 aliphatic carbocycles. The highest BCUT2D eigenvalue weighted by Crippen LogP contribution is 2.33. The Bertz CT molecular complexity index is 1010. The second-order valence-electron chi connectivity index (χ2n) is 6.35. The standard InChI is InChI=1S/C17H19N3O5S2/c1-27(22,23)14-4-2-3-13-15(14)18-17(26-13)20-7-5-19(6-8-20)16(21)12-11-24-9-10-25-12/h2-4,11H,5-10H2,1H3. The lowest BCUT2D eigenvalue weighted by molar-refractivity contribution is -0.132. The number of para-hydroxylation sites is 1. The van der Waals surface area contributed by atoms with Gasteiger partial charge in [-0.25, -0.2) is 13.4 Å². The summed E-state index contributed by atoms with van der Waals surface area (Å²) in [7, 11) is -3.34. The van der Waals surface area contributed by atoms with Crippen LogP contribution in [0.25, 0.3) is 10.2 Å². The number of ether oxygens (including phenoxy) is 2. The SMILES string of the molecule is CS(=O)(=O)c1cccc2sc(N3CCN(C(=O)C4=COCCO4)CC3)nc12. The molecule has 27 heavy (non-hydrogen) atoms. The van der Waals surface area contributed by atoms with E-state index in [2.05, 4.69) is 9.88 Å². The third-order valence-corrected chi connectivity index (χ3v) is 6.68. The van der Waals surface area contributed by atoms with Gasteiger partial charge in [0.05, 0.1) is 9.60 Å². The van der Waals surface area contributed by atoms with Crippen molar-refractivity contribution in [1.82, 2.24) is 9.88 Å². The number of piperazine rings is 1. The zero-order valence-electron chi connectivity index (χ0n) is 14.8. The van der Waals surface area contributed by atoms with E-state index < -0.39 is 9.84 Å². The van der Waals surface area contributed by atoms with Gasteiger partial charge in [0.25, 0.3) is 5.91 Å². The molecule has 2 aliphatic heterocycles. The van der Waals surface area contributed by atoms with Crippen LogP contribution in [0.3, 0.4) is 0 Å². The fourth-order valence-corrected chi connectivity index (χ4v) is 5.02. The summed E-state index contributed by atoms with van der Waals surface area (Å²) in [6, 6.07) is 5.19. The Balaban J connectivity index is 1.50. The topological polar surface area (TPSA) is 89.0 Å². The summed E-state index contributed by atoms with van der Waals surface area (Å²) < 4.78 is 35.3. The Hall–Kier alpha value is -2.33. The molecule has 8 nitrogen and oxygen atoms in total. The Morgan fingerprint density at radius 2 is 1.96 bits per heavy atom. The first-order valence-electron chi connectivity index (χ1n) is 8.52. The lowest BCUT2D eigenvalue weighted by atomic mass is 10.3. The number of fused-ring (bicyclic) bond motifs is 1. The Kier molecular flexibility index (Phi) is 4.68. The van der Waals surface area contributed by atoms with Crippen LogP contribution in [0.4, 0.5) is 5.13 Å². The quantitative estimate of drug-likeness (QED) is 0.753. The predicted molar refractivity (Wildman–Crippen MR) is 102 cm³/mol. The summed E-state index contributed by atoms with van der Waals surface area (Å²) in [5.41, 5.74) is 0.511. The molecule has 2 aliphatic rings. The molecule has 1 aromatic carbocycles. The van der Waals surface area contributed by atoms with E-state index in [-0.39, 0.29) is 16.6 Å². The van der Waals surface area contributed by atoms with Crippen LogP contribution >= 0.6 is 11.3 Å². The van der Waals surface area contributed by atoms with E-state index in [9.17, 15) is 13.2 Å². The molecule has 0 unspecified atom stereocenters. The number of thiazole rings is 1. The van der Waals surface area contributed by atoms with Crippen molar-refractivity contribution >= 4 is 42.4 Å². The first-order valence-corrected chi connectivity index (χ1v) is 11.2. The lowest BCUT2D eigenvalue weighted by Crippen LogP contribution is -2.49. The minimum atomic E-state index is -3.34. The summed E-state index contributed by atoms with van der Waals surface area (Å²) in [5.74, 6) is 0.0745.